The summed E-state index contributed by atoms with van der Waals surface area (Å²) in [7, 11) is 0. The average Bonchev–Trinajstić information content (AvgIpc) is 2.19. The molecule has 0 amide bonds. The van der Waals surface area contributed by atoms with Crippen LogP contribution in [-0.4, -0.2) is 6.10 Å². The maximum absolute atomic E-state index is 13.6. The van der Waals surface area contributed by atoms with Crippen LogP contribution in [-0.2, 0) is 5.88 Å². The van der Waals surface area contributed by atoms with E-state index < -0.39 is 0 Å². The molecule has 0 N–H and O–H groups in total. The summed E-state index contributed by atoms with van der Waals surface area (Å²) >= 11 is 5.62. The molecule has 0 fully saturated rings. The summed E-state index contributed by atoms with van der Waals surface area (Å²) < 4.78 is 19.1. The van der Waals surface area contributed by atoms with Crippen LogP contribution in [0, 0.1) is 11.7 Å². The lowest BCUT2D eigenvalue weighted by Gasteiger charge is -2.17. The van der Waals surface area contributed by atoms with Crippen molar-refractivity contribution in [3.63, 3.8) is 0 Å². The Bertz CT molecular complexity index is 339. The van der Waals surface area contributed by atoms with E-state index in [9.17, 15) is 4.39 Å². The topological polar surface area (TPSA) is 9.23 Å². The van der Waals surface area contributed by atoms with E-state index in [1.54, 1.807) is 12.1 Å². The van der Waals surface area contributed by atoms with Crippen molar-refractivity contribution in [2.45, 2.75) is 39.2 Å². The van der Waals surface area contributed by atoms with Crippen LogP contribution in [0.5, 0.6) is 5.75 Å². The van der Waals surface area contributed by atoms with Gasteiger partial charge < -0.3 is 4.74 Å². The van der Waals surface area contributed by atoms with Crippen molar-refractivity contribution in [1.29, 1.82) is 0 Å². The van der Waals surface area contributed by atoms with Gasteiger partial charge in [-0.2, -0.15) is 0 Å². The van der Waals surface area contributed by atoms with Crippen molar-refractivity contribution in [2.24, 2.45) is 5.92 Å². The van der Waals surface area contributed by atoms with E-state index in [-0.39, 0.29) is 11.9 Å². The molecule has 1 nitrogen and oxygen atoms in total. The Morgan fingerprint density at radius 3 is 2.50 bits per heavy atom. The minimum absolute atomic E-state index is 0.0244. The zero-order valence-corrected chi connectivity index (χ0v) is 10.7. The van der Waals surface area contributed by atoms with Crippen molar-refractivity contribution in [3.8, 4) is 5.75 Å². The van der Waals surface area contributed by atoms with Crippen LogP contribution in [0.4, 0.5) is 4.39 Å². The highest BCUT2D eigenvalue weighted by Gasteiger charge is 2.10. The molecule has 1 rings (SSSR count). The monoisotopic (exact) mass is 244 g/mol. The summed E-state index contributed by atoms with van der Waals surface area (Å²) in [6.07, 6.45) is 0.938. The minimum atomic E-state index is -0.339. The van der Waals surface area contributed by atoms with E-state index in [1.807, 2.05) is 6.92 Å². The smallest absolute Gasteiger partial charge is 0.165 e. The molecular formula is C13H18ClFO. The fourth-order valence-electron chi connectivity index (χ4n) is 1.65. The number of ether oxygens (including phenoxy) is 1. The molecule has 0 saturated carbocycles. The minimum Gasteiger partial charge on any atom is -0.488 e. The average molecular weight is 245 g/mol. The van der Waals surface area contributed by atoms with E-state index in [2.05, 4.69) is 13.8 Å². The maximum atomic E-state index is 13.6. The predicted octanol–water partition coefficient (Wildman–Crippen LogP) is 4.38. The zero-order valence-electron chi connectivity index (χ0n) is 9.97. The molecule has 0 aliphatic heterocycles. The molecule has 0 aliphatic carbocycles. The first-order chi connectivity index (χ1) is 7.52. The summed E-state index contributed by atoms with van der Waals surface area (Å²) in [6, 6.07) is 4.85. The van der Waals surface area contributed by atoms with E-state index in [4.69, 9.17) is 16.3 Å². The van der Waals surface area contributed by atoms with Crippen LogP contribution in [0.1, 0.15) is 32.8 Å². The Labute approximate surface area is 102 Å². The third kappa shape index (κ3) is 4.01. The molecule has 1 unspecified atom stereocenters. The molecule has 1 aromatic carbocycles. The first kappa shape index (κ1) is 13.3. The molecule has 90 valence electrons. The van der Waals surface area contributed by atoms with Crippen molar-refractivity contribution >= 4 is 11.6 Å². The second-order valence-corrected chi connectivity index (χ2v) is 4.72. The first-order valence-corrected chi connectivity index (χ1v) is 6.07. The van der Waals surface area contributed by atoms with Gasteiger partial charge in [0.15, 0.2) is 11.6 Å². The highest BCUT2D eigenvalue weighted by atomic mass is 35.5. The molecule has 0 radical (unpaired) electrons. The number of hydrogen-bond donors (Lipinski definition) is 0. The van der Waals surface area contributed by atoms with Crippen molar-refractivity contribution < 1.29 is 9.13 Å². The predicted molar refractivity (Wildman–Crippen MR) is 65.5 cm³/mol. The number of alkyl halides is 1. The number of hydrogen-bond acceptors (Lipinski definition) is 1. The molecule has 0 spiro atoms. The standard InChI is InChI=1S/C13H18ClFO/c1-9(2)6-10(3)16-13-5-4-11(8-14)7-12(13)15/h4-5,7,9-10H,6,8H2,1-3H3. The van der Waals surface area contributed by atoms with Gasteiger partial charge in [-0.25, -0.2) is 4.39 Å². The van der Waals surface area contributed by atoms with E-state index in [0.29, 0.717) is 17.5 Å². The summed E-state index contributed by atoms with van der Waals surface area (Å²) in [6.45, 7) is 6.19. The van der Waals surface area contributed by atoms with Gasteiger partial charge in [-0.3, -0.25) is 0 Å². The Kier molecular flexibility index (Phi) is 5.07. The third-order valence-corrected chi connectivity index (χ3v) is 2.59. The summed E-state index contributed by atoms with van der Waals surface area (Å²) in [4.78, 5) is 0. The Morgan fingerprint density at radius 1 is 1.31 bits per heavy atom. The Hall–Kier alpha value is -0.760. The molecule has 0 heterocycles. The SMILES string of the molecule is CC(C)CC(C)Oc1ccc(CCl)cc1F. The van der Waals surface area contributed by atoms with Gasteiger partial charge in [0.25, 0.3) is 0 Å². The number of halogens is 2. The van der Waals surface area contributed by atoms with Gasteiger partial charge in [-0.15, -0.1) is 11.6 Å². The van der Waals surface area contributed by atoms with Gasteiger partial charge in [-0.05, 0) is 37.0 Å². The molecular weight excluding hydrogens is 227 g/mol. The number of rotatable bonds is 5. The lowest BCUT2D eigenvalue weighted by molar-refractivity contribution is 0.185. The van der Waals surface area contributed by atoms with Crippen molar-refractivity contribution in [1.82, 2.24) is 0 Å². The highest BCUT2D eigenvalue weighted by molar-refractivity contribution is 6.17. The van der Waals surface area contributed by atoms with Crippen LogP contribution < -0.4 is 4.74 Å². The number of benzene rings is 1. The molecule has 1 atom stereocenters. The van der Waals surface area contributed by atoms with E-state index in [0.717, 1.165) is 12.0 Å². The third-order valence-electron chi connectivity index (χ3n) is 2.28. The molecule has 1 aromatic rings. The van der Waals surface area contributed by atoms with Crippen molar-refractivity contribution in [3.05, 3.63) is 29.6 Å². The van der Waals surface area contributed by atoms with Crippen molar-refractivity contribution in [2.75, 3.05) is 0 Å². The van der Waals surface area contributed by atoms with Gasteiger partial charge in [0.2, 0.25) is 0 Å². The quantitative estimate of drug-likeness (QED) is 0.699. The molecule has 3 heteroatoms. The van der Waals surface area contributed by atoms with Crippen LogP contribution in [0.2, 0.25) is 0 Å². The lowest BCUT2D eigenvalue weighted by Crippen LogP contribution is -2.15. The summed E-state index contributed by atoms with van der Waals surface area (Å²) in [5.74, 6) is 0.828. The summed E-state index contributed by atoms with van der Waals surface area (Å²) in [5.41, 5.74) is 0.767. The Balaban J connectivity index is 2.66. The second kappa shape index (κ2) is 6.09. The summed E-state index contributed by atoms with van der Waals surface area (Å²) in [5, 5.41) is 0. The van der Waals surface area contributed by atoms with Crippen LogP contribution in [0.15, 0.2) is 18.2 Å². The largest absolute Gasteiger partial charge is 0.488 e. The zero-order chi connectivity index (χ0) is 12.1. The second-order valence-electron chi connectivity index (χ2n) is 4.46. The van der Waals surface area contributed by atoms with Gasteiger partial charge in [0, 0.05) is 5.88 Å². The fourth-order valence-corrected chi connectivity index (χ4v) is 1.82. The van der Waals surface area contributed by atoms with Crippen LogP contribution in [0.25, 0.3) is 0 Å². The normalized spacial score (nSPS) is 12.9. The molecule has 0 bridgehead atoms. The molecule has 0 saturated heterocycles. The Morgan fingerprint density at radius 2 is 2.00 bits per heavy atom. The van der Waals surface area contributed by atoms with Gasteiger partial charge in [0.05, 0.1) is 6.10 Å². The maximum Gasteiger partial charge on any atom is 0.165 e. The highest BCUT2D eigenvalue weighted by Crippen LogP contribution is 2.22. The van der Waals surface area contributed by atoms with Gasteiger partial charge in [-0.1, -0.05) is 19.9 Å². The van der Waals surface area contributed by atoms with Gasteiger partial charge >= 0.3 is 0 Å². The van der Waals surface area contributed by atoms with E-state index in [1.165, 1.54) is 6.07 Å². The molecule has 0 aromatic heterocycles. The molecule has 16 heavy (non-hydrogen) atoms. The van der Waals surface area contributed by atoms with Gasteiger partial charge in [0.1, 0.15) is 0 Å². The fraction of sp³-hybridized carbons (Fsp3) is 0.538. The lowest BCUT2D eigenvalue weighted by atomic mass is 10.1. The first-order valence-electron chi connectivity index (χ1n) is 5.54. The van der Waals surface area contributed by atoms with E-state index >= 15 is 0 Å². The van der Waals surface area contributed by atoms with Crippen LogP contribution in [0.3, 0.4) is 0 Å². The van der Waals surface area contributed by atoms with Crippen LogP contribution >= 0.6 is 11.6 Å². The molecule has 0 aliphatic rings.